The summed E-state index contributed by atoms with van der Waals surface area (Å²) in [5.74, 6) is 0. The normalized spacial score (nSPS) is 12.3. The molecule has 21 heavy (non-hydrogen) atoms. The van der Waals surface area contributed by atoms with Gasteiger partial charge in [0.15, 0.2) is 0 Å². The van der Waals surface area contributed by atoms with Crippen LogP contribution in [0.1, 0.15) is 11.1 Å². The van der Waals surface area contributed by atoms with Gasteiger partial charge in [-0.25, -0.2) is 9.66 Å². The van der Waals surface area contributed by atoms with E-state index in [4.69, 9.17) is 0 Å². The highest BCUT2D eigenvalue weighted by atomic mass is 19.4. The molecule has 0 atom stereocenters. The van der Waals surface area contributed by atoms with Gasteiger partial charge in [-0.05, 0) is 18.2 Å². The molecule has 1 heterocycles. The number of imidazole rings is 1. The fourth-order valence-corrected chi connectivity index (χ4v) is 2.03. The highest BCUT2D eigenvalue weighted by Gasteiger charge is 2.32. The zero-order chi connectivity index (χ0) is 14.9. The molecule has 0 saturated heterocycles. The van der Waals surface area contributed by atoms with Crippen LogP contribution in [0.25, 0.3) is 11.0 Å². The zero-order valence-corrected chi connectivity index (χ0v) is 10.7. The lowest BCUT2D eigenvalue weighted by Crippen LogP contribution is -2.08. The van der Waals surface area contributed by atoms with Gasteiger partial charge in [0.25, 0.3) is 0 Å². The Morgan fingerprint density at radius 2 is 1.71 bits per heavy atom. The fraction of sp³-hybridized carbons (Fsp3) is 0.0667. The van der Waals surface area contributed by atoms with Crippen molar-refractivity contribution >= 4 is 17.2 Å². The minimum absolute atomic E-state index is 0.0165. The van der Waals surface area contributed by atoms with Crippen molar-refractivity contribution in [2.45, 2.75) is 6.18 Å². The van der Waals surface area contributed by atoms with Gasteiger partial charge in [0.2, 0.25) is 0 Å². The molecule has 0 N–H and O–H groups in total. The number of alkyl halides is 3. The predicted molar refractivity (Wildman–Crippen MR) is 74.2 cm³/mol. The van der Waals surface area contributed by atoms with Crippen molar-refractivity contribution in [1.29, 1.82) is 0 Å². The van der Waals surface area contributed by atoms with Crippen molar-refractivity contribution in [3.8, 4) is 0 Å². The van der Waals surface area contributed by atoms with E-state index < -0.39 is 11.7 Å². The maximum Gasteiger partial charge on any atom is 0.417 e. The Kier molecular flexibility index (Phi) is 3.21. The molecule has 0 saturated carbocycles. The van der Waals surface area contributed by atoms with Crippen LogP contribution < -0.4 is 0 Å². The van der Waals surface area contributed by atoms with E-state index in [1.807, 2.05) is 18.2 Å². The predicted octanol–water partition coefficient (Wildman–Crippen LogP) is 3.94. The second kappa shape index (κ2) is 5.05. The van der Waals surface area contributed by atoms with Gasteiger partial charge in [0.05, 0.1) is 22.8 Å². The Morgan fingerprint density at radius 3 is 2.52 bits per heavy atom. The van der Waals surface area contributed by atoms with Crippen molar-refractivity contribution in [3.63, 3.8) is 0 Å². The molecule has 0 spiro atoms. The van der Waals surface area contributed by atoms with E-state index >= 15 is 0 Å². The van der Waals surface area contributed by atoms with E-state index in [2.05, 4.69) is 10.1 Å². The van der Waals surface area contributed by atoms with E-state index in [9.17, 15) is 13.2 Å². The summed E-state index contributed by atoms with van der Waals surface area (Å²) >= 11 is 0. The van der Waals surface area contributed by atoms with Crippen LogP contribution in [-0.4, -0.2) is 15.9 Å². The summed E-state index contributed by atoms with van der Waals surface area (Å²) in [5, 5.41) is 4.07. The van der Waals surface area contributed by atoms with E-state index in [0.717, 1.165) is 17.1 Å². The van der Waals surface area contributed by atoms with Crippen LogP contribution >= 0.6 is 0 Å². The third kappa shape index (κ3) is 2.65. The van der Waals surface area contributed by atoms with Gasteiger partial charge in [-0.2, -0.15) is 18.3 Å². The lowest BCUT2D eigenvalue weighted by atomic mass is 10.1. The summed E-state index contributed by atoms with van der Waals surface area (Å²) in [6, 6.07) is 12.6. The van der Waals surface area contributed by atoms with Crippen molar-refractivity contribution in [2.24, 2.45) is 5.10 Å². The van der Waals surface area contributed by atoms with E-state index in [-0.39, 0.29) is 5.56 Å². The smallest absolute Gasteiger partial charge is 0.235 e. The van der Waals surface area contributed by atoms with Gasteiger partial charge >= 0.3 is 6.18 Å². The summed E-state index contributed by atoms with van der Waals surface area (Å²) < 4.78 is 40.1. The van der Waals surface area contributed by atoms with Crippen LogP contribution in [0.5, 0.6) is 0 Å². The number of hydrogen-bond acceptors (Lipinski definition) is 2. The van der Waals surface area contributed by atoms with Crippen LogP contribution in [0.2, 0.25) is 0 Å². The standard InChI is InChI=1S/C15H10F3N3/c16-15(17,18)12-6-2-1-5-11(12)9-20-21-10-19-13-7-3-4-8-14(13)21/h1-10H/b20-9-. The topological polar surface area (TPSA) is 30.2 Å². The molecule has 0 amide bonds. The molecule has 0 aliphatic heterocycles. The number of rotatable bonds is 2. The van der Waals surface area contributed by atoms with E-state index in [1.165, 1.54) is 29.4 Å². The Morgan fingerprint density at radius 1 is 1.00 bits per heavy atom. The molecule has 0 radical (unpaired) electrons. The average Bonchev–Trinajstić information content (AvgIpc) is 2.88. The Labute approximate surface area is 118 Å². The number of para-hydroxylation sites is 2. The van der Waals surface area contributed by atoms with Gasteiger partial charge in [-0.3, -0.25) is 0 Å². The summed E-state index contributed by atoms with van der Waals surface area (Å²) in [6.07, 6.45) is -1.74. The van der Waals surface area contributed by atoms with Crippen LogP contribution in [-0.2, 0) is 6.18 Å². The van der Waals surface area contributed by atoms with E-state index in [1.54, 1.807) is 12.1 Å². The van der Waals surface area contributed by atoms with Crippen molar-refractivity contribution < 1.29 is 13.2 Å². The first-order valence-corrected chi connectivity index (χ1v) is 6.18. The van der Waals surface area contributed by atoms with Gasteiger partial charge in [0, 0.05) is 5.56 Å². The molecule has 6 heteroatoms. The largest absolute Gasteiger partial charge is 0.417 e. The Balaban J connectivity index is 2.01. The molecule has 0 unspecified atom stereocenters. The summed E-state index contributed by atoms with van der Waals surface area (Å²) in [4.78, 5) is 4.13. The maximum atomic E-state index is 12.9. The first-order chi connectivity index (χ1) is 10.1. The Hall–Kier alpha value is -2.63. The van der Waals surface area contributed by atoms with Crippen LogP contribution in [0.4, 0.5) is 13.2 Å². The van der Waals surface area contributed by atoms with Gasteiger partial charge < -0.3 is 0 Å². The number of halogens is 3. The molecular weight excluding hydrogens is 279 g/mol. The highest BCUT2D eigenvalue weighted by molar-refractivity contribution is 5.83. The fourth-order valence-electron chi connectivity index (χ4n) is 2.03. The maximum absolute atomic E-state index is 12.9. The van der Waals surface area contributed by atoms with Crippen molar-refractivity contribution in [2.75, 3.05) is 0 Å². The number of hydrogen-bond donors (Lipinski definition) is 0. The highest BCUT2D eigenvalue weighted by Crippen LogP contribution is 2.31. The molecule has 3 aromatic rings. The lowest BCUT2D eigenvalue weighted by molar-refractivity contribution is -0.137. The number of benzene rings is 2. The number of nitrogens with zero attached hydrogens (tertiary/aromatic N) is 3. The first-order valence-electron chi connectivity index (χ1n) is 6.18. The molecule has 3 rings (SSSR count). The minimum Gasteiger partial charge on any atom is -0.235 e. The number of aromatic nitrogens is 2. The lowest BCUT2D eigenvalue weighted by Gasteiger charge is -2.09. The summed E-state index contributed by atoms with van der Waals surface area (Å²) in [6.45, 7) is 0. The van der Waals surface area contributed by atoms with Crippen LogP contribution in [0.15, 0.2) is 60.0 Å². The second-order valence-corrected chi connectivity index (χ2v) is 4.41. The average molecular weight is 289 g/mol. The molecule has 0 bridgehead atoms. The molecular formula is C15H10F3N3. The third-order valence-corrected chi connectivity index (χ3v) is 3.02. The zero-order valence-electron chi connectivity index (χ0n) is 10.7. The number of fused-ring (bicyclic) bond motifs is 1. The van der Waals surface area contributed by atoms with Gasteiger partial charge in [-0.15, -0.1) is 0 Å². The van der Waals surface area contributed by atoms with Crippen LogP contribution in [0.3, 0.4) is 0 Å². The molecule has 106 valence electrons. The molecule has 3 nitrogen and oxygen atoms in total. The molecule has 0 aliphatic carbocycles. The molecule has 0 aliphatic rings. The quantitative estimate of drug-likeness (QED) is 0.657. The van der Waals surface area contributed by atoms with Gasteiger partial charge in [0.1, 0.15) is 6.33 Å². The molecule has 0 fully saturated rings. The minimum atomic E-state index is -4.40. The SMILES string of the molecule is FC(F)(F)c1ccccc1/C=N\n1cnc2ccccc21. The van der Waals surface area contributed by atoms with Crippen LogP contribution in [0, 0.1) is 0 Å². The van der Waals surface area contributed by atoms with Crippen molar-refractivity contribution in [3.05, 3.63) is 66.0 Å². The second-order valence-electron chi connectivity index (χ2n) is 4.41. The van der Waals surface area contributed by atoms with Crippen molar-refractivity contribution in [1.82, 2.24) is 9.66 Å². The third-order valence-electron chi connectivity index (χ3n) is 3.02. The van der Waals surface area contributed by atoms with E-state index in [0.29, 0.717) is 0 Å². The summed E-state index contributed by atoms with van der Waals surface area (Å²) in [7, 11) is 0. The van der Waals surface area contributed by atoms with Gasteiger partial charge in [-0.1, -0.05) is 30.3 Å². The first kappa shape index (κ1) is 13.4. The molecule has 2 aromatic carbocycles. The molecule has 1 aromatic heterocycles. The Bertz CT molecular complexity index is 803. The monoisotopic (exact) mass is 289 g/mol. The summed E-state index contributed by atoms with van der Waals surface area (Å²) in [5.41, 5.74) is 0.776.